The van der Waals surface area contributed by atoms with Gasteiger partial charge in [0.1, 0.15) is 0 Å². The number of carbonyl (C=O) groups is 1. The highest BCUT2D eigenvalue weighted by atomic mass is 16.6. The highest BCUT2D eigenvalue weighted by Crippen LogP contribution is 2.32. The summed E-state index contributed by atoms with van der Waals surface area (Å²) in [6.45, 7) is 2.55. The Bertz CT molecular complexity index is 541. The molecule has 0 aromatic carbocycles. The molecule has 1 aromatic rings. The molecule has 1 heterocycles. The van der Waals surface area contributed by atoms with E-state index in [-0.39, 0.29) is 23.2 Å². The molecular weight excluding hydrogens is 274 g/mol. The molecule has 0 amide bonds. The molecule has 1 saturated carbocycles. The average molecular weight is 293 g/mol. The summed E-state index contributed by atoms with van der Waals surface area (Å²) in [4.78, 5) is 28.5. The second-order valence-corrected chi connectivity index (χ2v) is 5.01. The van der Waals surface area contributed by atoms with E-state index < -0.39 is 10.9 Å². The molecule has 7 heteroatoms. The molecule has 114 valence electrons. The summed E-state index contributed by atoms with van der Waals surface area (Å²) in [6, 6.07) is 2.90. The van der Waals surface area contributed by atoms with Crippen LogP contribution >= 0.6 is 0 Å². The summed E-state index contributed by atoms with van der Waals surface area (Å²) in [5.41, 5.74) is 0.0194. The summed E-state index contributed by atoms with van der Waals surface area (Å²) in [5.74, 6) is -0.328. The lowest BCUT2D eigenvalue weighted by Gasteiger charge is -2.28. The van der Waals surface area contributed by atoms with Gasteiger partial charge in [-0.3, -0.25) is 10.1 Å². The normalized spacial score (nSPS) is 15.0. The van der Waals surface area contributed by atoms with Gasteiger partial charge < -0.3 is 9.64 Å². The Balaban J connectivity index is 2.45. The topological polar surface area (TPSA) is 85.6 Å². The molecule has 1 aromatic heterocycles. The van der Waals surface area contributed by atoms with Crippen molar-refractivity contribution in [3.05, 3.63) is 27.9 Å². The number of nitrogens with zero attached hydrogens (tertiary/aromatic N) is 3. The molecule has 7 nitrogen and oxygen atoms in total. The van der Waals surface area contributed by atoms with Crippen LogP contribution in [-0.4, -0.2) is 35.6 Å². The molecule has 0 bridgehead atoms. The van der Waals surface area contributed by atoms with Crippen molar-refractivity contribution in [1.82, 2.24) is 4.98 Å². The van der Waals surface area contributed by atoms with E-state index in [0.717, 1.165) is 25.7 Å². The number of nitro groups is 1. The third-order valence-corrected chi connectivity index (χ3v) is 3.82. The molecule has 1 aliphatic rings. The fraction of sp³-hybridized carbons (Fsp3) is 0.571. The second-order valence-electron chi connectivity index (χ2n) is 5.01. The highest BCUT2D eigenvalue weighted by molar-refractivity contribution is 5.88. The number of rotatable bonds is 5. The molecule has 21 heavy (non-hydrogen) atoms. The molecule has 1 aliphatic carbocycles. The van der Waals surface area contributed by atoms with Crippen molar-refractivity contribution >= 4 is 17.5 Å². The van der Waals surface area contributed by atoms with E-state index in [1.165, 1.54) is 19.2 Å². The maximum atomic E-state index is 11.6. The van der Waals surface area contributed by atoms with E-state index >= 15 is 0 Å². The van der Waals surface area contributed by atoms with E-state index in [0.29, 0.717) is 6.54 Å². The van der Waals surface area contributed by atoms with Crippen LogP contribution in [0.25, 0.3) is 0 Å². The quantitative estimate of drug-likeness (QED) is 0.471. The number of ether oxygens (including phenoxy) is 1. The minimum Gasteiger partial charge on any atom is -0.464 e. The Morgan fingerprint density at radius 2 is 2.14 bits per heavy atom. The molecular formula is C14H19N3O4. The Morgan fingerprint density at radius 3 is 2.67 bits per heavy atom. The SMILES string of the molecule is CCN(c1nc(C(=O)OC)ccc1[N+](=O)[O-])C1CCCC1. The van der Waals surface area contributed by atoms with Crippen molar-refractivity contribution < 1.29 is 14.5 Å². The summed E-state index contributed by atoms with van der Waals surface area (Å²) in [7, 11) is 1.26. The van der Waals surface area contributed by atoms with Crippen molar-refractivity contribution in [2.45, 2.75) is 38.6 Å². The standard InChI is InChI=1S/C14H19N3O4/c1-3-16(10-6-4-5-7-10)13-12(17(19)20)9-8-11(15-13)14(18)21-2/h8-10H,3-7H2,1-2H3. The smallest absolute Gasteiger partial charge is 0.356 e. The third-order valence-electron chi connectivity index (χ3n) is 3.82. The first-order valence-corrected chi connectivity index (χ1v) is 7.08. The number of methoxy groups -OCH3 is 1. The van der Waals surface area contributed by atoms with Crippen LogP contribution in [0, 0.1) is 10.1 Å². The lowest BCUT2D eigenvalue weighted by atomic mass is 10.2. The third kappa shape index (κ3) is 3.12. The lowest BCUT2D eigenvalue weighted by molar-refractivity contribution is -0.384. The first-order valence-electron chi connectivity index (χ1n) is 7.08. The zero-order chi connectivity index (χ0) is 15.4. The number of esters is 1. The van der Waals surface area contributed by atoms with Crippen LogP contribution in [0.4, 0.5) is 11.5 Å². The number of anilines is 1. The minimum absolute atomic E-state index is 0.0728. The predicted molar refractivity (Wildman–Crippen MR) is 77.5 cm³/mol. The fourth-order valence-electron chi connectivity index (χ4n) is 2.81. The Labute approximate surface area is 123 Å². The molecule has 0 aliphatic heterocycles. The maximum Gasteiger partial charge on any atom is 0.356 e. The number of hydrogen-bond acceptors (Lipinski definition) is 6. The van der Waals surface area contributed by atoms with E-state index in [1.54, 1.807) is 0 Å². The first-order chi connectivity index (χ1) is 10.1. The zero-order valence-corrected chi connectivity index (χ0v) is 12.2. The Kier molecular flexibility index (Phi) is 4.72. The van der Waals surface area contributed by atoms with Crippen molar-refractivity contribution in [3.8, 4) is 0 Å². The van der Waals surface area contributed by atoms with Crippen LogP contribution < -0.4 is 4.90 Å². The van der Waals surface area contributed by atoms with Crippen molar-refractivity contribution in [2.24, 2.45) is 0 Å². The van der Waals surface area contributed by atoms with Gasteiger partial charge in [0.25, 0.3) is 0 Å². The summed E-state index contributed by atoms with van der Waals surface area (Å²) >= 11 is 0. The molecule has 0 radical (unpaired) electrons. The monoisotopic (exact) mass is 293 g/mol. The van der Waals surface area contributed by atoms with Gasteiger partial charge in [-0.15, -0.1) is 0 Å². The van der Waals surface area contributed by atoms with Gasteiger partial charge in [-0.2, -0.15) is 0 Å². The average Bonchev–Trinajstić information content (AvgIpc) is 3.01. The Morgan fingerprint density at radius 1 is 1.48 bits per heavy atom. The first kappa shape index (κ1) is 15.2. The molecule has 0 saturated heterocycles. The van der Waals surface area contributed by atoms with E-state index in [1.807, 2.05) is 11.8 Å². The maximum absolute atomic E-state index is 11.6. The van der Waals surface area contributed by atoms with Crippen LogP contribution in [0.15, 0.2) is 12.1 Å². The second kappa shape index (κ2) is 6.51. The minimum atomic E-state index is -0.589. The fourth-order valence-corrected chi connectivity index (χ4v) is 2.81. The van der Waals surface area contributed by atoms with Gasteiger partial charge in [-0.05, 0) is 25.8 Å². The van der Waals surface area contributed by atoms with Crippen LogP contribution in [0.1, 0.15) is 43.1 Å². The van der Waals surface area contributed by atoms with E-state index in [2.05, 4.69) is 9.72 Å². The molecule has 0 N–H and O–H groups in total. The van der Waals surface area contributed by atoms with Gasteiger partial charge in [0, 0.05) is 18.7 Å². The van der Waals surface area contributed by atoms with E-state index in [9.17, 15) is 14.9 Å². The van der Waals surface area contributed by atoms with Crippen LogP contribution in [0.5, 0.6) is 0 Å². The van der Waals surface area contributed by atoms with Crippen molar-refractivity contribution in [2.75, 3.05) is 18.6 Å². The number of carbonyl (C=O) groups excluding carboxylic acids is 1. The zero-order valence-electron chi connectivity index (χ0n) is 12.2. The molecule has 0 atom stereocenters. The largest absolute Gasteiger partial charge is 0.464 e. The summed E-state index contributed by atoms with van der Waals surface area (Å²) < 4.78 is 4.64. The molecule has 0 unspecified atom stereocenters. The van der Waals surface area contributed by atoms with Crippen LogP contribution in [-0.2, 0) is 4.74 Å². The van der Waals surface area contributed by atoms with Crippen molar-refractivity contribution in [3.63, 3.8) is 0 Å². The summed E-state index contributed by atoms with van der Waals surface area (Å²) in [6.07, 6.45) is 4.22. The van der Waals surface area contributed by atoms with Gasteiger partial charge >= 0.3 is 11.7 Å². The number of aromatic nitrogens is 1. The molecule has 1 fully saturated rings. The van der Waals surface area contributed by atoms with Gasteiger partial charge in [0.05, 0.1) is 12.0 Å². The Hall–Kier alpha value is -2.18. The summed E-state index contributed by atoms with van der Waals surface area (Å²) in [5, 5.41) is 11.2. The lowest BCUT2D eigenvalue weighted by Crippen LogP contribution is -2.34. The van der Waals surface area contributed by atoms with Crippen LogP contribution in [0.3, 0.4) is 0 Å². The van der Waals surface area contributed by atoms with Gasteiger partial charge in [0.15, 0.2) is 5.69 Å². The molecule has 2 rings (SSSR count). The number of hydrogen-bond donors (Lipinski definition) is 0. The molecule has 0 spiro atoms. The van der Waals surface area contributed by atoms with Crippen LogP contribution in [0.2, 0.25) is 0 Å². The van der Waals surface area contributed by atoms with Gasteiger partial charge in [-0.1, -0.05) is 12.8 Å². The van der Waals surface area contributed by atoms with Crippen molar-refractivity contribution in [1.29, 1.82) is 0 Å². The highest BCUT2D eigenvalue weighted by Gasteiger charge is 2.29. The predicted octanol–water partition coefficient (Wildman–Crippen LogP) is 2.55. The number of pyridine rings is 1. The van der Waals surface area contributed by atoms with Gasteiger partial charge in [0.2, 0.25) is 5.82 Å². The van der Waals surface area contributed by atoms with E-state index in [4.69, 9.17) is 0 Å². The van der Waals surface area contributed by atoms with Gasteiger partial charge in [-0.25, -0.2) is 9.78 Å².